The third kappa shape index (κ3) is 3.39. The fourth-order valence-electron chi connectivity index (χ4n) is 2.74. The summed E-state index contributed by atoms with van der Waals surface area (Å²) in [6.45, 7) is 2.92. The normalized spacial score (nSPS) is 19.7. The Bertz CT molecular complexity index is 772. The molecule has 124 valence electrons. The Hall–Kier alpha value is -1.51. The second-order valence-corrected chi connectivity index (χ2v) is 8.69. The first-order valence-corrected chi connectivity index (χ1v) is 9.70. The molecular formula is C15H19N3O3S2. The van der Waals surface area contributed by atoms with Crippen molar-refractivity contribution in [2.75, 3.05) is 20.2 Å². The first kappa shape index (κ1) is 16.4. The lowest BCUT2D eigenvalue weighted by molar-refractivity contribution is 0.314. The third-order valence-corrected chi connectivity index (χ3v) is 6.85. The SMILES string of the molecule is COc1ccc(S(=O)(=O)N2CCC[C@@H](c3nnc(C)s3)C2)cc1. The van der Waals surface area contributed by atoms with E-state index < -0.39 is 10.0 Å². The van der Waals surface area contributed by atoms with Crippen molar-refractivity contribution in [2.24, 2.45) is 0 Å². The lowest BCUT2D eigenvalue weighted by Gasteiger charge is -2.30. The van der Waals surface area contributed by atoms with Crippen LogP contribution in [0.3, 0.4) is 0 Å². The van der Waals surface area contributed by atoms with Crippen molar-refractivity contribution >= 4 is 21.4 Å². The van der Waals surface area contributed by atoms with E-state index in [0.29, 0.717) is 23.7 Å². The molecule has 0 aliphatic carbocycles. The van der Waals surface area contributed by atoms with Gasteiger partial charge in [-0.15, -0.1) is 21.5 Å². The molecule has 1 aliphatic rings. The standard InChI is InChI=1S/C15H19N3O3S2/c1-11-16-17-15(22-11)12-4-3-9-18(10-12)23(19,20)14-7-5-13(21-2)6-8-14/h5-8,12H,3-4,9-10H2,1-2H3/t12-/m1/s1. The van der Waals surface area contributed by atoms with Crippen molar-refractivity contribution in [3.63, 3.8) is 0 Å². The van der Waals surface area contributed by atoms with E-state index in [2.05, 4.69) is 10.2 Å². The summed E-state index contributed by atoms with van der Waals surface area (Å²) in [6, 6.07) is 6.52. The summed E-state index contributed by atoms with van der Waals surface area (Å²) in [4.78, 5) is 0.299. The van der Waals surface area contributed by atoms with Gasteiger partial charge in [0.2, 0.25) is 10.0 Å². The van der Waals surface area contributed by atoms with E-state index in [1.54, 1.807) is 47.0 Å². The van der Waals surface area contributed by atoms with Gasteiger partial charge in [0.15, 0.2) is 0 Å². The number of piperidine rings is 1. The molecule has 23 heavy (non-hydrogen) atoms. The van der Waals surface area contributed by atoms with Gasteiger partial charge >= 0.3 is 0 Å². The summed E-state index contributed by atoms with van der Waals surface area (Å²) in [5, 5.41) is 10.1. The average Bonchev–Trinajstić information content (AvgIpc) is 3.01. The first-order valence-electron chi connectivity index (χ1n) is 7.45. The average molecular weight is 353 g/mol. The minimum absolute atomic E-state index is 0.128. The topological polar surface area (TPSA) is 72.4 Å². The van der Waals surface area contributed by atoms with E-state index >= 15 is 0 Å². The Morgan fingerprint density at radius 2 is 2.00 bits per heavy atom. The Labute approximate surface area is 140 Å². The largest absolute Gasteiger partial charge is 0.497 e. The number of hydrogen-bond acceptors (Lipinski definition) is 6. The zero-order chi connectivity index (χ0) is 16.4. The van der Waals surface area contributed by atoms with Crippen molar-refractivity contribution in [1.29, 1.82) is 0 Å². The Kier molecular flexibility index (Phi) is 4.65. The van der Waals surface area contributed by atoms with Gasteiger partial charge in [0.1, 0.15) is 15.8 Å². The number of rotatable bonds is 4. The van der Waals surface area contributed by atoms with Crippen LogP contribution in [-0.2, 0) is 10.0 Å². The van der Waals surface area contributed by atoms with Gasteiger partial charge in [-0.25, -0.2) is 8.42 Å². The second-order valence-electron chi connectivity index (χ2n) is 5.54. The van der Waals surface area contributed by atoms with Gasteiger partial charge in [0.05, 0.1) is 12.0 Å². The smallest absolute Gasteiger partial charge is 0.243 e. The molecule has 1 atom stereocenters. The van der Waals surface area contributed by atoms with E-state index in [1.165, 1.54) is 0 Å². The summed E-state index contributed by atoms with van der Waals surface area (Å²) < 4.78 is 32.3. The molecule has 1 fully saturated rings. The monoisotopic (exact) mass is 353 g/mol. The number of benzene rings is 1. The van der Waals surface area contributed by atoms with Crippen LogP contribution in [0.2, 0.25) is 0 Å². The Morgan fingerprint density at radius 1 is 1.26 bits per heavy atom. The number of aromatic nitrogens is 2. The van der Waals surface area contributed by atoms with Crippen LogP contribution in [0.15, 0.2) is 29.2 Å². The predicted octanol–water partition coefficient (Wildman–Crippen LogP) is 2.42. The molecule has 6 nitrogen and oxygen atoms in total. The number of aryl methyl sites for hydroxylation is 1. The Morgan fingerprint density at radius 3 is 2.61 bits per heavy atom. The van der Waals surface area contributed by atoms with Crippen LogP contribution < -0.4 is 4.74 Å². The van der Waals surface area contributed by atoms with Crippen molar-refractivity contribution in [2.45, 2.75) is 30.6 Å². The predicted molar refractivity (Wildman–Crippen MR) is 88.4 cm³/mol. The molecule has 1 aromatic carbocycles. The number of nitrogens with zero attached hydrogens (tertiary/aromatic N) is 3. The molecular weight excluding hydrogens is 334 g/mol. The van der Waals surface area contributed by atoms with Gasteiger partial charge in [-0.05, 0) is 44.0 Å². The fraction of sp³-hybridized carbons (Fsp3) is 0.467. The number of methoxy groups -OCH3 is 1. The van der Waals surface area contributed by atoms with Crippen LogP contribution in [0, 0.1) is 6.92 Å². The maximum atomic E-state index is 12.8. The van der Waals surface area contributed by atoms with Crippen LogP contribution in [-0.4, -0.2) is 43.1 Å². The number of ether oxygens (including phenoxy) is 1. The van der Waals surface area contributed by atoms with Crippen molar-refractivity contribution in [3.05, 3.63) is 34.3 Å². The highest BCUT2D eigenvalue weighted by atomic mass is 32.2. The van der Waals surface area contributed by atoms with Crippen molar-refractivity contribution in [1.82, 2.24) is 14.5 Å². The molecule has 2 heterocycles. The van der Waals surface area contributed by atoms with Gasteiger partial charge in [-0.1, -0.05) is 0 Å². The molecule has 0 saturated carbocycles. The van der Waals surface area contributed by atoms with E-state index in [1.807, 2.05) is 6.92 Å². The highest BCUT2D eigenvalue weighted by Gasteiger charge is 2.32. The number of sulfonamides is 1. The van der Waals surface area contributed by atoms with E-state index in [9.17, 15) is 8.42 Å². The lowest BCUT2D eigenvalue weighted by atomic mass is 10.0. The summed E-state index contributed by atoms with van der Waals surface area (Å²) in [6.07, 6.45) is 1.78. The lowest BCUT2D eigenvalue weighted by Crippen LogP contribution is -2.39. The van der Waals surface area contributed by atoms with Crippen molar-refractivity contribution in [3.8, 4) is 5.75 Å². The molecule has 0 bridgehead atoms. The molecule has 0 N–H and O–H groups in total. The fourth-order valence-corrected chi connectivity index (χ4v) is 5.08. The van der Waals surface area contributed by atoms with E-state index in [-0.39, 0.29) is 5.92 Å². The molecule has 3 rings (SSSR count). The van der Waals surface area contributed by atoms with Crippen LogP contribution in [0.4, 0.5) is 0 Å². The van der Waals surface area contributed by atoms with Crippen LogP contribution in [0.1, 0.15) is 28.8 Å². The molecule has 0 spiro atoms. The highest BCUT2D eigenvalue weighted by molar-refractivity contribution is 7.89. The maximum Gasteiger partial charge on any atom is 0.243 e. The molecule has 8 heteroatoms. The van der Waals surface area contributed by atoms with Crippen LogP contribution in [0.5, 0.6) is 5.75 Å². The molecule has 1 saturated heterocycles. The molecule has 1 aliphatic heterocycles. The Balaban J connectivity index is 1.81. The zero-order valence-corrected chi connectivity index (χ0v) is 14.7. The molecule has 1 aromatic heterocycles. The first-order chi connectivity index (χ1) is 11.0. The van der Waals surface area contributed by atoms with E-state index in [4.69, 9.17) is 4.74 Å². The molecule has 0 amide bonds. The molecule has 0 unspecified atom stereocenters. The summed E-state index contributed by atoms with van der Waals surface area (Å²) in [7, 11) is -1.93. The second kappa shape index (κ2) is 6.54. The van der Waals surface area contributed by atoms with Gasteiger partial charge in [-0.2, -0.15) is 4.31 Å². The van der Waals surface area contributed by atoms with Gasteiger partial charge < -0.3 is 4.74 Å². The molecule has 0 radical (unpaired) electrons. The minimum Gasteiger partial charge on any atom is -0.497 e. The van der Waals surface area contributed by atoms with E-state index in [0.717, 1.165) is 22.9 Å². The van der Waals surface area contributed by atoms with Gasteiger partial charge in [0.25, 0.3) is 0 Å². The highest BCUT2D eigenvalue weighted by Crippen LogP contribution is 2.32. The summed E-state index contributed by atoms with van der Waals surface area (Å²) >= 11 is 1.55. The third-order valence-electron chi connectivity index (χ3n) is 3.97. The van der Waals surface area contributed by atoms with Crippen LogP contribution >= 0.6 is 11.3 Å². The van der Waals surface area contributed by atoms with Crippen LogP contribution in [0.25, 0.3) is 0 Å². The van der Waals surface area contributed by atoms with Crippen molar-refractivity contribution < 1.29 is 13.2 Å². The molecule has 2 aromatic rings. The maximum absolute atomic E-state index is 12.8. The van der Waals surface area contributed by atoms with Gasteiger partial charge in [0, 0.05) is 19.0 Å². The minimum atomic E-state index is -3.49. The quantitative estimate of drug-likeness (QED) is 0.844. The summed E-state index contributed by atoms with van der Waals surface area (Å²) in [5.74, 6) is 0.771. The summed E-state index contributed by atoms with van der Waals surface area (Å²) in [5.41, 5.74) is 0. The zero-order valence-electron chi connectivity index (χ0n) is 13.1. The van der Waals surface area contributed by atoms with Gasteiger partial charge in [-0.3, -0.25) is 0 Å². The number of hydrogen-bond donors (Lipinski definition) is 0.